The first-order chi connectivity index (χ1) is 19.3. The van der Waals surface area contributed by atoms with Crippen LogP contribution in [0.2, 0.25) is 0 Å². The van der Waals surface area contributed by atoms with E-state index >= 15 is 0 Å². The van der Waals surface area contributed by atoms with Gasteiger partial charge in [0.1, 0.15) is 0 Å². The molecular formula is C34H62O6. The minimum absolute atomic E-state index is 0.135. The smallest absolute Gasteiger partial charge is 0.0637 e. The summed E-state index contributed by atoms with van der Waals surface area (Å²) in [5.74, 6) is 3.62. The second kappa shape index (κ2) is 15.0. The van der Waals surface area contributed by atoms with E-state index in [1.807, 2.05) is 0 Å². The highest BCUT2D eigenvalue weighted by Crippen LogP contribution is 2.69. The third-order valence-electron chi connectivity index (χ3n) is 12.4. The molecule has 0 aliphatic heterocycles. The van der Waals surface area contributed by atoms with Gasteiger partial charge in [0, 0.05) is 45.1 Å². The maximum atomic E-state index is 9.57. The van der Waals surface area contributed by atoms with Crippen molar-refractivity contribution in [3.8, 4) is 0 Å². The van der Waals surface area contributed by atoms with E-state index in [4.69, 9.17) is 14.2 Å². The first-order valence-electron chi connectivity index (χ1n) is 17.0. The molecule has 4 aliphatic carbocycles. The third-order valence-corrected chi connectivity index (χ3v) is 12.4. The summed E-state index contributed by atoms with van der Waals surface area (Å²) in [6.07, 6.45) is 14.9. The van der Waals surface area contributed by atoms with E-state index in [9.17, 15) is 15.3 Å². The summed E-state index contributed by atoms with van der Waals surface area (Å²) >= 11 is 0. The summed E-state index contributed by atoms with van der Waals surface area (Å²) in [4.78, 5) is 0. The summed E-state index contributed by atoms with van der Waals surface area (Å²) in [7, 11) is 0. The van der Waals surface area contributed by atoms with Gasteiger partial charge in [0.05, 0.1) is 18.3 Å². The van der Waals surface area contributed by atoms with Gasteiger partial charge in [0.25, 0.3) is 0 Å². The molecular weight excluding hydrogens is 504 g/mol. The first kappa shape index (κ1) is 32.7. The second-order valence-electron chi connectivity index (χ2n) is 14.4. The molecule has 0 unspecified atom stereocenters. The Labute approximate surface area is 244 Å². The summed E-state index contributed by atoms with van der Waals surface area (Å²) in [6.45, 7) is 12.4. The van der Waals surface area contributed by atoms with E-state index in [0.717, 1.165) is 25.7 Å². The Hall–Kier alpha value is -0.240. The predicted molar refractivity (Wildman–Crippen MR) is 159 cm³/mol. The highest BCUT2D eigenvalue weighted by Gasteiger charge is 2.66. The van der Waals surface area contributed by atoms with Crippen LogP contribution in [0, 0.1) is 46.3 Å². The van der Waals surface area contributed by atoms with Crippen molar-refractivity contribution in [2.24, 2.45) is 46.3 Å². The number of hydrogen-bond donors (Lipinski definition) is 3. The van der Waals surface area contributed by atoms with Crippen molar-refractivity contribution in [2.45, 2.75) is 129 Å². The van der Waals surface area contributed by atoms with Crippen molar-refractivity contribution in [3.63, 3.8) is 0 Å². The lowest BCUT2D eigenvalue weighted by Gasteiger charge is -2.65. The van der Waals surface area contributed by atoms with E-state index in [2.05, 4.69) is 27.7 Å². The summed E-state index contributed by atoms with van der Waals surface area (Å²) < 4.78 is 19.8. The molecule has 0 aromatic rings. The molecule has 6 nitrogen and oxygen atoms in total. The molecule has 0 radical (unpaired) electrons. The highest BCUT2D eigenvalue weighted by molar-refractivity contribution is 5.15. The molecule has 3 N–H and O–H groups in total. The molecule has 0 saturated heterocycles. The quantitative estimate of drug-likeness (QED) is 0.199. The zero-order chi connectivity index (χ0) is 28.8. The van der Waals surface area contributed by atoms with Crippen LogP contribution in [-0.2, 0) is 14.2 Å². The molecule has 4 saturated carbocycles. The normalized spacial score (nSPS) is 41.8. The van der Waals surface area contributed by atoms with Crippen LogP contribution in [0.15, 0.2) is 0 Å². The number of ether oxygens (including phenoxy) is 3. The lowest BCUT2D eigenvalue weighted by atomic mass is 9.43. The largest absolute Gasteiger partial charge is 0.396 e. The molecule has 40 heavy (non-hydrogen) atoms. The molecule has 0 spiro atoms. The average molecular weight is 567 g/mol. The van der Waals surface area contributed by atoms with Crippen LogP contribution in [0.1, 0.15) is 111 Å². The van der Waals surface area contributed by atoms with Crippen LogP contribution in [0.5, 0.6) is 0 Å². The van der Waals surface area contributed by atoms with Gasteiger partial charge in [-0.05, 0) is 105 Å². The number of hydrogen-bond acceptors (Lipinski definition) is 6. The van der Waals surface area contributed by atoms with E-state index in [0.29, 0.717) is 74.6 Å². The zero-order valence-corrected chi connectivity index (χ0v) is 26.2. The minimum Gasteiger partial charge on any atom is -0.396 e. The fourth-order valence-electron chi connectivity index (χ4n) is 10.3. The number of fused-ring (bicyclic) bond motifs is 5. The Morgan fingerprint density at radius 3 is 2.12 bits per heavy atom. The fraction of sp³-hybridized carbons (Fsp3) is 1.00. The molecule has 234 valence electrons. The molecule has 0 heterocycles. The van der Waals surface area contributed by atoms with E-state index in [1.54, 1.807) is 0 Å². The van der Waals surface area contributed by atoms with E-state index in [1.165, 1.54) is 38.5 Å². The van der Waals surface area contributed by atoms with Crippen LogP contribution < -0.4 is 0 Å². The number of aliphatic hydroxyl groups excluding tert-OH is 3. The van der Waals surface area contributed by atoms with Gasteiger partial charge in [0.15, 0.2) is 0 Å². The maximum absolute atomic E-state index is 9.57. The van der Waals surface area contributed by atoms with E-state index in [-0.39, 0.29) is 49.0 Å². The van der Waals surface area contributed by atoms with Gasteiger partial charge in [0.2, 0.25) is 0 Å². The lowest BCUT2D eigenvalue weighted by Crippen LogP contribution is -2.63. The molecule has 11 atom stereocenters. The standard InChI is InChI=1S/C34H62O6/c1-5-6-10-24(2)27-11-12-28-32-29(23-31(34(27,28)4)40-20-9-17-37)33(3)14-13-26(38-18-7-15-35)21-25(33)22-30(32)39-19-8-16-36/h24-32,35-37H,5-23H2,1-4H3/t24-,25+,26-,27-,28+,29+,30-,31+,32+,33+,34-/m1/s1. The van der Waals surface area contributed by atoms with Crippen molar-refractivity contribution >= 4 is 0 Å². The molecule has 0 bridgehead atoms. The monoisotopic (exact) mass is 566 g/mol. The maximum Gasteiger partial charge on any atom is 0.0637 e. The van der Waals surface area contributed by atoms with Crippen molar-refractivity contribution in [2.75, 3.05) is 39.6 Å². The molecule has 0 amide bonds. The summed E-state index contributed by atoms with van der Waals surface area (Å²) in [6, 6.07) is 0. The van der Waals surface area contributed by atoms with Gasteiger partial charge in [-0.2, -0.15) is 0 Å². The second-order valence-corrected chi connectivity index (χ2v) is 14.4. The van der Waals surface area contributed by atoms with Gasteiger partial charge in [-0.15, -0.1) is 0 Å². The Balaban J connectivity index is 1.64. The van der Waals surface area contributed by atoms with Crippen LogP contribution in [0.4, 0.5) is 0 Å². The average Bonchev–Trinajstić information content (AvgIpc) is 3.31. The number of aliphatic hydroxyl groups is 3. The van der Waals surface area contributed by atoms with Gasteiger partial charge in [-0.1, -0.05) is 47.0 Å². The minimum atomic E-state index is 0.135. The molecule has 4 aliphatic rings. The Morgan fingerprint density at radius 1 is 0.775 bits per heavy atom. The highest BCUT2D eigenvalue weighted by atomic mass is 16.5. The SMILES string of the molecule is CCCC[C@@H](C)[C@H]1CC[C@H]2[C@@H]3[C@H](OCCCO)C[C@@H]4C[C@H](OCCCO)CC[C@]4(C)[C@H]3C[C@H](OCCCO)[C@]12C. The number of unbranched alkanes of at least 4 members (excludes halogenated alkanes) is 1. The lowest BCUT2D eigenvalue weighted by molar-refractivity contribution is -0.228. The Bertz CT molecular complexity index is 748. The Kier molecular flexibility index (Phi) is 12.2. The Morgan fingerprint density at radius 2 is 1.45 bits per heavy atom. The van der Waals surface area contributed by atoms with Gasteiger partial charge < -0.3 is 29.5 Å². The van der Waals surface area contributed by atoms with E-state index < -0.39 is 0 Å². The van der Waals surface area contributed by atoms with Crippen molar-refractivity contribution in [1.29, 1.82) is 0 Å². The van der Waals surface area contributed by atoms with Crippen molar-refractivity contribution in [1.82, 2.24) is 0 Å². The summed E-state index contributed by atoms with van der Waals surface area (Å²) in [5.41, 5.74) is 0.389. The molecule has 4 fully saturated rings. The van der Waals surface area contributed by atoms with Crippen LogP contribution in [0.3, 0.4) is 0 Å². The first-order valence-corrected chi connectivity index (χ1v) is 17.0. The van der Waals surface area contributed by atoms with Crippen molar-refractivity contribution in [3.05, 3.63) is 0 Å². The van der Waals surface area contributed by atoms with Crippen molar-refractivity contribution < 1.29 is 29.5 Å². The van der Waals surface area contributed by atoms with Crippen LogP contribution >= 0.6 is 0 Å². The molecule has 0 aromatic carbocycles. The molecule has 0 aromatic heterocycles. The number of rotatable bonds is 16. The summed E-state index contributed by atoms with van der Waals surface area (Å²) in [5, 5.41) is 28.4. The zero-order valence-electron chi connectivity index (χ0n) is 26.2. The third kappa shape index (κ3) is 6.63. The van der Waals surface area contributed by atoms with Gasteiger partial charge in [-0.3, -0.25) is 0 Å². The van der Waals surface area contributed by atoms with Crippen LogP contribution in [-0.4, -0.2) is 73.3 Å². The fourth-order valence-corrected chi connectivity index (χ4v) is 10.3. The predicted octanol–water partition coefficient (Wildman–Crippen LogP) is 5.99. The van der Waals surface area contributed by atoms with Gasteiger partial charge in [-0.25, -0.2) is 0 Å². The topological polar surface area (TPSA) is 88.4 Å². The van der Waals surface area contributed by atoms with Crippen LogP contribution in [0.25, 0.3) is 0 Å². The molecule has 6 heteroatoms. The van der Waals surface area contributed by atoms with Gasteiger partial charge >= 0.3 is 0 Å². The molecule has 4 rings (SSSR count).